The maximum Gasteiger partial charge on any atom is 0.243 e. The van der Waals surface area contributed by atoms with Crippen LogP contribution < -0.4 is 0 Å². The molecule has 0 aromatic heterocycles. The zero-order valence-electron chi connectivity index (χ0n) is 11.6. The molecule has 5 atom stereocenters. The second-order valence-electron chi connectivity index (χ2n) is 5.85. The summed E-state index contributed by atoms with van der Waals surface area (Å²) in [6.07, 6.45) is -1.70. The van der Waals surface area contributed by atoms with Crippen LogP contribution in [0.4, 0.5) is 0 Å². The highest BCUT2D eigenvalue weighted by Crippen LogP contribution is 2.45. The Morgan fingerprint density at radius 3 is 2.38 bits per heavy atom. The van der Waals surface area contributed by atoms with Gasteiger partial charge in [-0.05, 0) is 25.5 Å². The molecule has 3 N–H and O–H groups in total. The predicted molar refractivity (Wildman–Crippen MR) is 75.0 cm³/mol. The van der Waals surface area contributed by atoms with Gasteiger partial charge in [-0.1, -0.05) is 17.7 Å². The molecule has 1 heterocycles. The fourth-order valence-electron chi connectivity index (χ4n) is 3.52. The Kier molecular flexibility index (Phi) is 3.58. The molecule has 6 nitrogen and oxygen atoms in total. The van der Waals surface area contributed by atoms with Gasteiger partial charge in [-0.15, -0.1) is 0 Å². The molecule has 1 aliphatic heterocycles. The SMILES string of the molecule is Cc1ccc(S(=O)(=O)N2C3CC(C(O)C3O)C2CO)cc1. The van der Waals surface area contributed by atoms with Crippen molar-refractivity contribution in [3.63, 3.8) is 0 Å². The molecule has 2 aliphatic rings. The molecule has 0 amide bonds. The first kappa shape index (κ1) is 14.9. The van der Waals surface area contributed by atoms with E-state index >= 15 is 0 Å². The molecule has 2 fully saturated rings. The van der Waals surface area contributed by atoms with Crippen molar-refractivity contribution in [2.24, 2.45) is 5.92 Å². The quantitative estimate of drug-likeness (QED) is 0.697. The summed E-state index contributed by atoms with van der Waals surface area (Å²) >= 11 is 0. The normalized spacial score (nSPS) is 36.3. The van der Waals surface area contributed by atoms with Crippen LogP contribution in [0.2, 0.25) is 0 Å². The number of rotatable bonds is 3. The van der Waals surface area contributed by atoms with E-state index < -0.39 is 40.2 Å². The Hall–Kier alpha value is -0.990. The lowest BCUT2D eigenvalue weighted by molar-refractivity contribution is -0.0514. The van der Waals surface area contributed by atoms with Crippen LogP contribution in [0, 0.1) is 12.8 Å². The van der Waals surface area contributed by atoms with E-state index in [1.165, 1.54) is 16.4 Å². The fraction of sp³-hybridized carbons (Fsp3) is 0.571. The van der Waals surface area contributed by atoms with Gasteiger partial charge >= 0.3 is 0 Å². The van der Waals surface area contributed by atoms with Gasteiger partial charge in [-0.3, -0.25) is 0 Å². The van der Waals surface area contributed by atoms with Gasteiger partial charge in [0.25, 0.3) is 0 Å². The number of aliphatic hydroxyl groups is 3. The molecule has 0 radical (unpaired) electrons. The minimum absolute atomic E-state index is 0.140. The van der Waals surface area contributed by atoms with Crippen LogP contribution in [0.5, 0.6) is 0 Å². The number of hydrogen-bond acceptors (Lipinski definition) is 5. The van der Waals surface area contributed by atoms with Crippen LogP contribution in [-0.4, -0.2) is 58.9 Å². The topological polar surface area (TPSA) is 98.1 Å². The van der Waals surface area contributed by atoms with E-state index in [4.69, 9.17) is 0 Å². The number of piperidine rings is 1. The van der Waals surface area contributed by atoms with E-state index in [1.807, 2.05) is 6.92 Å². The summed E-state index contributed by atoms with van der Waals surface area (Å²) in [5.41, 5.74) is 0.950. The van der Waals surface area contributed by atoms with Gasteiger partial charge in [0.05, 0.1) is 35.8 Å². The van der Waals surface area contributed by atoms with Gasteiger partial charge in [0.1, 0.15) is 0 Å². The first-order valence-corrected chi connectivity index (χ1v) is 8.39. The highest BCUT2D eigenvalue weighted by molar-refractivity contribution is 7.89. The maximum absolute atomic E-state index is 12.8. The molecule has 1 saturated heterocycles. The summed E-state index contributed by atoms with van der Waals surface area (Å²) < 4.78 is 26.7. The van der Waals surface area contributed by atoms with Crippen molar-refractivity contribution in [1.29, 1.82) is 0 Å². The fourth-order valence-corrected chi connectivity index (χ4v) is 5.39. The van der Waals surface area contributed by atoms with Crippen molar-refractivity contribution in [1.82, 2.24) is 4.31 Å². The Morgan fingerprint density at radius 1 is 1.19 bits per heavy atom. The standard InChI is InChI=1S/C14H19NO5S/c1-8-2-4-9(5-3-8)21(19,20)15-11-6-10(12(15)7-16)13(17)14(11)18/h2-5,10-14,16-18H,6-7H2,1H3. The van der Waals surface area contributed by atoms with E-state index in [0.29, 0.717) is 6.42 Å². The van der Waals surface area contributed by atoms with Gasteiger partial charge in [-0.25, -0.2) is 8.42 Å². The van der Waals surface area contributed by atoms with Crippen LogP contribution in [0.3, 0.4) is 0 Å². The molecule has 5 unspecified atom stereocenters. The summed E-state index contributed by atoms with van der Waals surface area (Å²) in [4.78, 5) is 0.140. The molecule has 21 heavy (non-hydrogen) atoms. The molecular weight excluding hydrogens is 294 g/mol. The van der Waals surface area contributed by atoms with Gasteiger partial charge in [0.2, 0.25) is 10.0 Å². The van der Waals surface area contributed by atoms with Crippen molar-refractivity contribution in [2.45, 2.75) is 42.5 Å². The first-order valence-electron chi connectivity index (χ1n) is 6.95. The van der Waals surface area contributed by atoms with Crippen molar-refractivity contribution >= 4 is 10.0 Å². The lowest BCUT2D eigenvalue weighted by Crippen LogP contribution is -2.56. The monoisotopic (exact) mass is 313 g/mol. The van der Waals surface area contributed by atoms with E-state index in [0.717, 1.165) is 5.56 Å². The minimum atomic E-state index is -3.80. The van der Waals surface area contributed by atoms with Crippen molar-refractivity contribution in [3.05, 3.63) is 29.8 Å². The minimum Gasteiger partial charge on any atom is -0.395 e. The highest BCUT2D eigenvalue weighted by Gasteiger charge is 2.59. The van der Waals surface area contributed by atoms with E-state index in [-0.39, 0.29) is 11.5 Å². The number of fused-ring (bicyclic) bond motifs is 2. The Labute approximate surface area is 123 Å². The molecule has 1 aliphatic carbocycles. The number of nitrogens with zero attached hydrogens (tertiary/aromatic N) is 1. The summed E-state index contributed by atoms with van der Waals surface area (Å²) in [6, 6.07) is 5.11. The summed E-state index contributed by atoms with van der Waals surface area (Å²) in [5.74, 6) is -0.421. The Bertz CT molecular complexity index is 627. The third kappa shape index (κ3) is 2.11. The lowest BCUT2D eigenvalue weighted by atomic mass is 9.97. The molecule has 0 spiro atoms. The van der Waals surface area contributed by atoms with Crippen LogP contribution in [0.15, 0.2) is 29.2 Å². The van der Waals surface area contributed by atoms with Gasteiger partial charge in [0, 0.05) is 5.92 Å². The molecule has 7 heteroatoms. The van der Waals surface area contributed by atoms with E-state index in [9.17, 15) is 23.7 Å². The van der Waals surface area contributed by atoms with Crippen LogP contribution in [0.25, 0.3) is 0 Å². The molecule has 116 valence electrons. The average Bonchev–Trinajstić information content (AvgIpc) is 2.97. The smallest absolute Gasteiger partial charge is 0.243 e. The maximum atomic E-state index is 12.8. The van der Waals surface area contributed by atoms with Gasteiger partial charge < -0.3 is 15.3 Å². The van der Waals surface area contributed by atoms with Crippen LogP contribution >= 0.6 is 0 Å². The lowest BCUT2D eigenvalue weighted by Gasteiger charge is -2.38. The van der Waals surface area contributed by atoms with Gasteiger partial charge in [0.15, 0.2) is 0 Å². The van der Waals surface area contributed by atoms with E-state index in [1.54, 1.807) is 12.1 Å². The predicted octanol–water partition coefficient (Wildman–Crippen LogP) is -0.529. The van der Waals surface area contributed by atoms with Crippen LogP contribution in [-0.2, 0) is 10.0 Å². The summed E-state index contributed by atoms with van der Waals surface area (Å²) in [6.45, 7) is 1.50. The second kappa shape index (κ2) is 5.03. The third-order valence-corrected chi connectivity index (χ3v) is 6.59. The second-order valence-corrected chi connectivity index (χ2v) is 7.69. The Balaban J connectivity index is 2.00. The van der Waals surface area contributed by atoms with Crippen LogP contribution in [0.1, 0.15) is 12.0 Å². The molecule has 3 rings (SSSR count). The molecule has 1 aromatic rings. The molecule has 1 aromatic carbocycles. The van der Waals surface area contributed by atoms with Gasteiger partial charge in [-0.2, -0.15) is 4.31 Å². The summed E-state index contributed by atoms with van der Waals surface area (Å²) in [7, 11) is -3.80. The number of sulfonamides is 1. The molecule has 1 saturated carbocycles. The molecular formula is C14H19NO5S. The number of aryl methyl sites for hydroxylation is 1. The van der Waals surface area contributed by atoms with E-state index in [2.05, 4.69) is 0 Å². The average molecular weight is 313 g/mol. The van der Waals surface area contributed by atoms with Crippen molar-refractivity contribution in [3.8, 4) is 0 Å². The third-order valence-electron chi connectivity index (χ3n) is 4.63. The number of benzene rings is 1. The number of aliphatic hydroxyl groups excluding tert-OH is 3. The van der Waals surface area contributed by atoms with Crippen molar-refractivity contribution in [2.75, 3.05) is 6.61 Å². The Morgan fingerprint density at radius 2 is 1.81 bits per heavy atom. The highest BCUT2D eigenvalue weighted by atomic mass is 32.2. The zero-order valence-corrected chi connectivity index (χ0v) is 12.4. The molecule has 2 bridgehead atoms. The zero-order chi connectivity index (χ0) is 15.4. The summed E-state index contributed by atoms with van der Waals surface area (Å²) in [5, 5.41) is 29.4. The first-order chi connectivity index (χ1) is 9.87. The largest absolute Gasteiger partial charge is 0.395 e. The number of hydrogen-bond donors (Lipinski definition) is 3. The van der Waals surface area contributed by atoms with Crippen molar-refractivity contribution < 1.29 is 23.7 Å².